The predicted octanol–water partition coefficient (Wildman–Crippen LogP) is 2.45. The Balaban J connectivity index is 1.49. The van der Waals surface area contributed by atoms with Crippen molar-refractivity contribution >= 4 is 28.8 Å². The molecule has 3 fully saturated rings. The maximum atomic E-state index is 14.5. The van der Waals surface area contributed by atoms with Crippen molar-refractivity contribution in [1.82, 2.24) is 24.8 Å². The number of benzene rings is 1. The molecule has 0 aliphatic carbocycles. The summed E-state index contributed by atoms with van der Waals surface area (Å²) < 4.78 is 13.8. The number of hydrogen-bond donors (Lipinski definition) is 1. The summed E-state index contributed by atoms with van der Waals surface area (Å²) in [6, 6.07) is 6.60. The van der Waals surface area contributed by atoms with Crippen molar-refractivity contribution in [2.45, 2.75) is 69.4 Å². The lowest BCUT2D eigenvalue weighted by Gasteiger charge is -2.36. The summed E-state index contributed by atoms with van der Waals surface area (Å²) in [5, 5.41) is 17.6. The Bertz CT molecular complexity index is 1330. The van der Waals surface area contributed by atoms with Gasteiger partial charge in [-0.05, 0) is 44.7 Å². The molecule has 4 heterocycles. The van der Waals surface area contributed by atoms with Crippen LogP contribution in [-0.2, 0) is 30.5 Å². The van der Waals surface area contributed by atoms with Gasteiger partial charge in [0.2, 0.25) is 11.8 Å². The van der Waals surface area contributed by atoms with Gasteiger partial charge in [0.05, 0.1) is 17.0 Å². The van der Waals surface area contributed by atoms with Crippen LogP contribution in [0.5, 0.6) is 0 Å². The average molecular weight is 566 g/mol. The molecule has 1 spiro atoms. The van der Waals surface area contributed by atoms with E-state index in [-0.39, 0.29) is 38.2 Å². The molecule has 3 aliphatic rings. The lowest BCUT2D eigenvalue weighted by molar-refractivity contribution is -0.159. The third-order valence-electron chi connectivity index (χ3n) is 8.80. The van der Waals surface area contributed by atoms with E-state index in [0.29, 0.717) is 37.7 Å². The lowest BCUT2D eigenvalue weighted by atomic mass is 9.66. The zero-order valence-electron chi connectivity index (χ0n) is 23.6. The van der Waals surface area contributed by atoms with Crippen LogP contribution in [0.3, 0.4) is 0 Å². The quantitative estimate of drug-likeness (QED) is 0.210. The summed E-state index contributed by atoms with van der Waals surface area (Å²) in [6.07, 6.45) is 7.12. The molecule has 1 aromatic heterocycles. The van der Waals surface area contributed by atoms with E-state index in [1.54, 1.807) is 20.6 Å². The highest BCUT2D eigenvalue weighted by Gasteiger charge is 2.78. The second-order valence-electron chi connectivity index (χ2n) is 11.4. The molecule has 11 nitrogen and oxygen atoms in total. The third-order valence-corrected chi connectivity index (χ3v) is 8.80. The Morgan fingerprint density at radius 3 is 2.73 bits per heavy atom. The van der Waals surface area contributed by atoms with Crippen LogP contribution in [0, 0.1) is 11.8 Å². The smallest absolute Gasteiger partial charge is 0.313 e. The van der Waals surface area contributed by atoms with E-state index in [0.717, 1.165) is 18.4 Å². The van der Waals surface area contributed by atoms with E-state index >= 15 is 0 Å². The summed E-state index contributed by atoms with van der Waals surface area (Å²) in [5.74, 6) is -2.66. The molecule has 1 aromatic carbocycles. The highest BCUT2D eigenvalue weighted by Crippen LogP contribution is 2.63. The van der Waals surface area contributed by atoms with Gasteiger partial charge in [-0.15, -0.1) is 11.7 Å². The monoisotopic (exact) mass is 565 g/mol. The van der Waals surface area contributed by atoms with E-state index < -0.39 is 35.0 Å². The number of nitrogens with zero attached hydrogens (tertiary/aromatic N) is 5. The minimum Gasteiger partial charge on any atom is -0.461 e. The third kappa shape index (κ3) is 4.95. The Hall–Kier alpha value is -3.57. The van der Waals surface area contributed by atoms with Gasteiger partial charge in [0.1, 0.15) is 36.4 Å². The Morgan fingerprint density at radius 2 is 1.98 bits per heavy atom. The predicted molar refractivity (Wildman–Crippen MR) is 150 cm³/mol. The van der Waals surface area contributed by atoms with Crippen LogP contribution in [0.4, 0.5) is 0 Å². The molecule has 11 heteroatoms. The summed E-state index contributed by atoms with van der Waals surface area (Å²) in [4.78, 5) is 45.3. The number of carbonyl (C=O) groups is 3. The number of rotatable bonds is 14. The standard InChI is InChI=1S/C30H39N5O6/c1-4-16-33(20-35-22-13-9-8-12-21(22)31-32-35)27(38)25-30-15-14-29(3,41-30)24(28(39)40-19-5-2)23(30)26(37)34(25)17-10-6-7-11-18-36/h4-5,8-9,12-13,23-25,36H,1-2,6-7,10-11,14-20H2,3H3/t23-,24-,25?,29+,30?/m0/s1. The van der Waals surface area contributed by atoms with Crippen LogP contribution in [-0.4, -0.2) is 91.2 Å². The molecule has 0 radical (unpaired) electrons. The maximum Gasteiger partial charge on any atom is 0.313 e. The first-order valence-corrected chi connectivity index (χ1v) is 14.4. The molecule has 220 valence electrons. The number of esters is 1. The van der Waals surface area contributed by atoms with Gasteiger partial charge in [-0.1, -0.05) is 48.9 Å². The number of aromatic nitrogens is 3. The number of likely N-dealkylation sites (tertiary alicyclic amines) is 1. The second kappa shape index (κ2) is 11.7. The fourth-order valence-corrected chi connectivity index (χ4v) is 7.01. The number of unbranched alkanes of at least 4 members (excludes halogenated alkanes) is 3. The molecule has 5 atom stereocenters. The number of fused-ring (bicyclic) bond motifs is 2. The highest BCUT2D eigenvalue weighted by atomic mass is 16.6. The van der Waals surface area contributed by atoms with Gasteiger partial charge in [0.15, 0.2) is 0 Å². The van der Waals surface area contributed by atoms with E-state index in [1.807, 2.05) is 31.2 Å². The highest BCUT2D eigenvalue weighted by molar-refractivity contribution is 5.98. The van der Waals surface area contributed by atoms with Crippen molar-refractivity contribution in [1.29, 1.82) is 0 Å². The number of ether oxygens (including phenoxy) is 2. The first kappa shape index (κ1) is 28.9. The van der Waals surface area contributed by atoms with E-state index in [4.69, 9.17) is 14.6 Å². The van der Waals surface area contributed by atoms with Gasteiger partial charge in [0, 0.05) is 19.7 Å². The van der Waals surface area contributed by atoms with Gasteiger partial charge in [-0.3, -0.25) is 14.4 Å². The fourth-order valence-electron chi connectivity index (χ4n) is 7.01. The van der Waals surface area contributed by atoms with Gasteiger partial charge >= 0.3 is 5.97 Å². The normalized spacial score (nSPS) is 28.2. The van der Waals surface area contributed by atoms with E-state index in [2.05, 4.69) is 23.5 Å². The molecule has 2 unspecified atom stereocenters. The summed E-state index contributed by atoms with van der Waals surface area (Å²) >= 11 is 0. The van der Waals surface area contributed by atoms with Gasteiger partial charge in [-0.2, -0.15) is 0 Å². The Kier molecular flexibility index (Phi) is 8.28. The van der Waals surface area contributed by atoms with Crippen LogP contribution >= 0.6 is 0 Å². The molecule has 2 aromatic rings. The van der Waals surface area contributed by atoms with Gasteiger partial charge in [0.25, 0.3) is 0 Å². The van der Waals surface area contributed by atoms with Crippen LogP contribution < -0.4 is 0 Å². The molecule has 2 bridgehead atoms. The van der Waals surface area contributed by atoms with Crippen LogP contribution in [0.2, 0.25) is 0 Å². The number of aliphatic hydroxyl groups excluding tert-OH is 1. The van der Waals surface area contributed by atoms with Crippen LogP contribution in [0.1, 0.15) is 45.4 Å². The largest absolute Gasteiger partial charge is 0.461 e. The molecular formula is C30H39N5O6. The van der Waals surface area contributed by atoms with E-state index in [9.17, 15) is 14.4 Å². The number of hydrogen-bond acceptors (Lipinski definition) is 8. The maximum absolute atomic E-state index is 14.5. The van der Waals surface area contributed by atoms with Crippen molar-refractivity contribution < 1.29 is 29.0 Å². The fraction of sp³-hybridized carbons (Fsp3) is 0.567. The van der Waals surface area contributed by atoms with Crippen molar-refractivity contribution in [3.63, 3.8) is 0 Å². The Morgan fingerprint density at radius 1 is 1.20 bits per heavy atom. The zero-order chi connectivity index (χ0) is 29.2. The van der Waals surface area contributed by atoms with Crippen molar-refractivity contribution in [2.24, 2.45) is 11.8 Å². The number of amides is 2. The number of carbonyl (C=O) groups excluding carboxylic acids is 3. The molecule has 3 aliphatic heterocycles. The molecule has 1 N–H and O–H groups in total. The Labute approximate surface area is 239 Å². The van der Waals surface area contributed by atoms with Gasteiger partial charge < -0.3 is 24.4 Å². The molecule has 5 rings (SSSR count). The van der Waals surface area contributed by atoms with Crippen LogP contribution in [0.15, 0.2) is 49.6 Å². The minimum atomic E-state index is -1.14. The van der Waals surface area contributed by atoms with Crippen molar-refractivity contribution in [2.75, 3.05) is 26.3 Å². The van der Waals surface area contributed by atoms with Crippen molar-refractivity contribution in [3.8, 4) is 0 Å². The molecular weight excluding hydrogens is 526 g/mol. The number of aliphatic hydroxyl groups is 1. The number of para-hydroxylation sites is 1. The van der Waals surface area contributed by atoms with Crippen LogP contribution in [0.25, 0.3) is 11.0 Å². The van der Waals surface area contributed by atoms with E-state index in [1.165, 1.54) is 6.08 Å². The topological polar surface area (TPSA) is 127 Å². The summed E-state index contributed by atoms with van der Waals surface area (Å²) in [6.45, 7) is 10.2. The first-order valence-electron chi connectivity index (χ1n) is 14.4. The molecule has 2 amide bonds. The first-order chi connectivity index (χ1) is 19.8. The summed E-state index contributed by atoms with van der Waals surface area (Å²) in [7, 11) is 0. The lowest BCUT2D eigenvalue weighted by Crippen LogP contribution is -2.56. The minimum absolute atomic E-state index is 0.0369. The molecule has 0 saturated carbocycles. The van der Waals surface area contributed by atoms with Crippen molar-refractivity contribution in [3.05, 3.63) is 49.6 Å². The summed E-state index contributed by atoms with van der Waals surface area (Å²) in [5.41, 5.74) is -0.556. The average Bonchev–Trinajstić information content (AvgIpc) is 3.67. The molecule has 41 heavy (non-hydrogen) atoms. The second-order valence-corrected chi connectivity index (χ2v) is 11.4. The molecule has 3 saturated heterocycles. The van der Waals surface area contributed by atoms with Gasteiger partial charge in [-0.25, -0.2) is 4.68 Å². The SMILES string of the molecule is C=CCOC(=O)[C@@H]1[C@H]2C(=O)N(CCCCCCO)C(C(=O)N(CC=C)Cn3nnc4ccccc43)C23CC[C@@]1(C)O3. The zero-order valence-corrected chi connectivity index (χ0v) is 23.6.